The molecule has 0 N–H and O–H groups in total. The zero-order valence-corrected chi connectivity index (χ0v) is 10.4. The number of rotatable bonds is 6. The molecule has 0 fully saturated rings. The van der Waals surface area contributed by atoms with Crippen molar-refractivity contribution in [3.05, 3.63) is 34.9 Å². The average molecular weight is 203 g/mol. The predicted octanol–water partition coefficient (Wildman–Crippen LogP) is 4.34. The highest BCUT2D eigenvalue weighted by atomic mass is 14.1. The van der Waals surface area contributed by atoms with E-state index in [0.717, 1.165) is 0 Å². The lowest BCUT2D eigenvalue weighted by atomic mass is 9.96. The molecule has 0 amide bonds. The van der Waals surface area contributed by atoms with Crippen LogP contribution in [-0.2, 0) is 19.3 Å². The summed E-state index contributed by atoms with van der Waals surface area (Å²) in [6.45, 7) is 6.73. The molecule has 1 rings (SSSR count). The largest absolute Gasteiger partial charge is 0.0651 e. The van der Waals surface area contributed by atoms with Crippen molar-refractivity contribution in [2.24, 2.45) is 0 Å². The third kappa shape index (κ3) is 3.70. The van der Waals surface area contributed by atoms with Gasteiger partial charge in [-0.1, -0.05) is 52.2 Å². The van der Waals surface area contributed by atoms with Gasteiger partial charge in [-0.2, -0.15) is 0 Å². The molecule has 0 heterocycles. The number of hydrogen-bond donors (Lipinski definition) is 0. The predicted molar refractivity (Wildman–Crippen MR) is 67.3 cm³/mol. The summed E-state index contributed by atoms with van der Waals surface area (Å²) < 4.78 is 0. The lowest BCUT2D eigenvalue weighted by molar-refractivity contribution is 0.848. The Morgan fingerprint density at radius 1 is 0.933 bits per heavy atom. The Morgan fingerprint density at radius 3 is 2.20 bits per heavy atom. The average Bonchev–Trinajstić information content (AvgIpc) is 2.23. The van der Waals surface area contributed by atoms with Crippen LogP contribution in [0, 0.1) is 6.07 Å². The van der Waals surface area contributed by atoms with Crippen LogP contribution in [0.4, 0.5) is 0 Å². The summed E-state index contributed by atoms with van der Waals surface area (Å²) in [4.78, 5) is 0. The minimum Gasteiger partial charge on any atom is -0.0651 e. The van der Waals surface area contributed by atoms with Gasteiger partial charge >= 0.3 is 0 Å². The van der Waals surface area contributed by atoms with Crippen LogP contribution in [0.2, 0.25) is 0 Å². The van der Waals surface area contributed by atoms with Crippen LogP contribution >= 0.6 is 0 Å². The molecular formula is C15H23. The van der Waals surface area contributed by atoms with Crippen molar-refractivity contribution in [1.82, 2.24) is 0 Å². The summed E-state index contributed by atoms with van der Waals surface area (Å²) in [6.07, 6.45) is 7.28. The Bertz CT molecular complexity index is 286. The van der Waals surface area contributed by atoms with E-state index in [2.05, 4.69) is 39.0 Å². The van der Waals surface area contributed by atoms with Gasteiger partial charge in [0.25, 0.3) is 0 Å². The van der Waals surface area contributed by atoms with Crippen LogP contribution < -0.4 is 0 Å². The molecule has 0 unspecified atom stereocenters. The number of hydrogen-bond acceptors (Lipinski definition) is 0. The van der Waals surface area contributed by atoms with Crippen LogP contribution in [0.25, 0.3) is 0 Å². The fourth-order valence-corrected chi connectivity index (χ4v) is 2.03. The van der Waals surface area contributed by atoms with Gasteiger partial charge in [-0.15, -0.1) is 0 Å². The first-order valence-electron chi connectivity index (χ1n) is 6.34. The van der Waals surface area contributed by atoms with E-state index in [1.807, 2.05) is 0 Å². The van der Waals surface area contributed by atoms with E-state index in [1.165, 1.54) is 55.2 Å². The third-order valence-corrected chi connectivity index (χ3v) is 2.74. The Kier molecular flexibility index (Phi) is 5.45. The van der Waals surface area contributed by atoms with E-state index < -0.39 is 0 Å². The van der Waals surface area contributed by atoms with Gasteiger partial charge < -0.3 is 0 Å². The molecule has 0 aliphatic carbocycles. The highest BCUT2D eigenvalue weighted by molar-refractivity contribution is 5.31. The zero-order valence-electron chi connectivity index (χ0n) is 10.4. The fourth-order valence-electron chi connectivity index (χ4n) is 2.03. The highest BCUT2D eigenvalue weighted by Gasteiger charge is 2.02. The standard InChI is InChI=1S/C15H23/c1-4-7-13-10-11-14(8-5-2)15(12-13)9-6-3/h10,12H,4-9H2,1-3H3. The quantitative estimate of drug-likeness (QED) is 0.645. The SMILES string of the molecule is CCCc1c[c]c(CCC)c(CCC)c1. The van der Waals surface area contributed by atoms with Gasteiger partial charge in [0.1, 0.15) is 0 Å². The summed E-state index contributed by atoms with van der Waals surface area (Å²) in [7, 11) is 0. The van der Waals surface area contributed by atoms with E-state index in [0.29, 0.717) is 0 Å². The van der Waals surface area contributed by atoms with Crippen molar-refractivity contribution >= 4 is 0 Å². The van der Waals surface area contributed by atoms with Crippen LogP contribution in [0.15, 0.2) is 12.1 Å². The smallest absolute Gasteiger partial charge is 0.0143 e. The molecule has 0 aliphatic rings. The van der Waals surface area contributed by atoms with E-state index in [1.54, 1.807) is 0 Å². The summed E-state index contributed by atoms with van der Waals surface area (Å²) in [5, 5.41) is 0. The molecule has 0 aliphatic heterocycles. The second-order valence-electron chi connectivity index (χ2n) is 4.26. The lowest BCUT2D eigenvalue weighted by Crippen LogP contribution is -1.96. The van der Waals surface area contributed by atoms with Gasteiger partial charge in [0.05, 0.1) is 0 Å². The topological polar surface area (TPSA) is 0 Å². The minimum atomic E-state index is 1.18. The van der Waals surface area contributed by atoms with Crippen LogP contribution in [0.5, 0.6) is 0 Å². The lowest BCUT2D eigenvalue weighted by Gasteiger charge is -2.09. The van der Waals surface area contributed by atoms with Crippen molar-refractivity contribution in [2.75, 3.05) is 0 Å². The molecule has 0 heteroatoms. The van der Waals surface area contributed by atoms with Crippen LogP contribution in [-0.4, -0.2) is 0 Å². The maximum Gasteiger partial charge on any atom is -0.0143 e. The molecule has 1 aromatic carbocycles. The van der Waals surface area contributed by atoms with Crippen molar-refractivity contribution in [2.45, 2.75) is 59.3 Å². The Hall–Kier alpha value is -0.780. The normalized spacial score (nSPS) is 10.6. The zero-order chi connectivity index (χ0) is 11.1. The molecule has 0 nitrogen and oxygen atoms in total. The van der Waals surface area contributed by atoms with Gasteiger partial charge in [0, 0.05) is 0 Å². The van der Waals surface area contributed by atoms with E-state index in [-0.39, 0.29) is 0 Å². The summed E-state index contributed by atoms with van der Waals surface area (Å²) in [6, 6.07) is 8.06. The van der Waals surface area contributed by atoms with E-state index >= 15 is 0 Å². The van der Waals surface area contributed by atoms with Gasteiger partial charge in [-0.3, -0.25) is 0 Å². The van der Waals surface area contributed by atoms with Gasteiger partial charge in [0.2, 0.25) is 0 Å². The molecule has 1 radical (unpaired) electrons. The highest BCUT2D eigenvalue weighted by Crippen LogP contribution is 2.16. The van der Waals surface area contributed by atoms with Crippen molar-refractivity contribution in [3.8, 4) is 0 Å². The molecule has 0 saturated carbocycles. The minimum absolute atomic E-state index is 1.18. The Morgan fingerprint density at radius 2 is 1.60 bits per heavy atom. The second-order valence-corrected chi connectivity index (χ2v) is 4.26. The molecule has 15 heavy (non-hydrogen) atoms. The first kappa shape index (κ1) is 12.3. The molecule has 83 valence electrons. The molecule has 0 aromatic heterocycles. The molecule has 0 spiro atoms. The fraction of sp³-hybridized carbons (Fsp3) is 0.600. The summed E-state index contributed by atoms with van der Waals surface area (Å²) >= 11 is 0. The molecule has 1 aromatic rings. The second kappa shape index (κ2) is 6.66. The number of aryl methyl sites for hydroxylation is 3. The van der Waals surface area contributed by atoms with Gasteiger partial charge in [0.15, 0.2) is 0 Å². The van der Waals surface area contributed by atoms with E-state index in [4.69, 9.17) is 0 Å². The molecular weight excluding hydrogens is 180 g/mol. The molecule has 0 bridgehead atoms. The van der Waals surface area contributed by atoms with Gasteiger partial charge in [-0.25, -0.2) is 0 Å². The first-order chi connectivity index (χ1) is 7.31. The molecule has 0 saturated heterocycles. The maximum absolute atomic E-state index is 3.48. The van der Waals surface area contributed by atoms with E-state index in [9.17, 15) is 0 Å². The Labute approximate surface area is 94.7 Å². The Balaban J connectivity index is 2.87. The summed E-state index contributed by atoms with van der Waals surface area (Å²) in [5.41, 5.74) is 4.44. The van der Waals surface area contributed by atoms with Crippen LogP contribution in [0.1, 0.15) is 56.7 Å². The van der Waals surface area contributed by atoms with Crippen molar-refractivity contribution < 1.29 is 0 Å². The maximum atomic E-state index is 3.48. The van der Waals surface area contributed by atoms with Crippen molar-refractivity contribution in [3.63, 3.8) is 0 Å². The third-order valence-electron chi connectivity index (χ3n) is 2.74. The first-order valence-corrected chi connectivity index (χ1v) is 6.34. The molecule has 0 atom stereocenters. The number of benzene rings is 1. The van der Waals surface area contributed by atoms with Crippen molar-refractivity contribution in [1.29, 1.82) is 0 Å². The summed E-state index contributed by atoms with van der Waals surface area (Å²) in [5.74, 6) is 0. The monoisotopic (exact) mass is 203 g/mol. The van der Waals surface area contributed by atoms with Crippen LogP contribution in [0.3, 0.4) is 0 Å². The van der Waals surface area contributed by atoms with Gasteiger partial charge in [-0.05, 0) is 42.0 Å².